The van der Waals surface area contributed by atoms with Gasteiger partial charge in [-0.3, -0.25) is 9.59 Å². The lowest BCUT2D eigenvalue weighted by Crippen LogP contribution is -2.43. The summed E-state index contributed by atoms with van der Waals surface area (Å²) < 4.78 is 35.1. The Hall–Kier alpha value is -5.36. The second kappa shape index (κ2) is 12.5. The summed E-state index contributed by atoms with van der Waals surface area (Å²) in [6, 6.07) is 17.6. The summed E-state index contributed by atoms with van der Waals surface area (Å²) in [5.74, 6) is 1.95. The van der Waals surface area contributed by atoms with E-state index in [0.717, 1.165) is 5.39 Å². The van der Waals surface area contributed by atoms with Crippen LogP contribution in [-0.4, -0.2) is 80.9 Å². The van der Waals surface area contributed by atoms with Crippen molar-refractivity contribution in [3.05, 3.63) is 76.6 Å². The Kier molecular flexibility index (Phi) is 8.15. The van der Waals surface area contributed by atoms with E-state index in [9.17, 15) is 9.59 Å². The Balaban J connectivity index is 1.38. The molecule has 0 unspecified atom stereocenters. The molecule has 0 atom stereocenters. The number of carbonyl (C=O) groups excluding carboxylic acids is 1. The predicted octanol–water partition coefficient (Wildman–Crippen LogP) is 3.96. The number of para-hydroxylation sites is 1. The average Bonchev–Trinajstić information content (AvgIpc) is 3.51. The van der Waals surface area contributed by atoms with Gasteiger partial charge < -0.3 is 33.0 Å². The number of benzene rings is 3. The highest BCUT2D eigenvalue weighted by Crippen LogP contribution is 2.38. The molecule has 3 heterocycles. The molecule has 0 spiro atoms. The number of nitrogens with zero attached hydrogens (tertiary/aromatic N) is 4. The van der Waals surface area contributed by atoms with Crippen LogP contribution >= 0.6 is 0 Å². The number of amides is 1. The van der Waals surface area contributed by atoms with Crippen LogP contribution in [0.2, 0.25) is 0 Å². The highest BCUT2D eigenvalue weighted by molar-refractivity contribution is 5.89. The van der Waals surface area contributed by atoms with Crippen LogP contribution in [0, 0.1) is 0 Å². The summed E-state index contributed by atoms with van der Waals surface area (Å²) in [5, 5.41) is 5.66. The van der Waals surface area contributed by atoms with Gasteiger partial charge in [-0.15, -0.1) is 0 Å². The summed E-state index contributed by atoms with van der Waals surface area (Å²) >= 11 is 0. The Bertz CT molecular complexity index is 1900. The second-order valence-electron chi connectivity index (χ2n) is 9.83. The SMILES string of the molecule is COc1cc(C=Nn2c(-c3cc4c(OC)cccc4o3)nc3ccccc3c2=O)cc(OC)c1OCC(=O)N1CCOCC1. The molecule has 44 heavy (non-hydrogen) atoms. The van der Waals surface area contributed by atoms with Gasteiger partial charge in [-0.1, -0.05) is 18.2 Å². The van der Waals surface area contributed by atoms with Gasteiger partial charge in [0.25, 0.3) is 11.5 Å². The maximum atomic E-state index is 13.7. The largest absolute Gasteiger partial charge is 0.496 e. The molecule has 1 saturated heterocycles. The Labute approximate surface area is 252 Å². The molecule has 226 valence electrons. The van der Waals surface area contributed by atoms with E-state index < -0.39 is 0 Å². The average molecular weight is 599 g/mol. The van der Waals surface area contributed by atoms with E-state index >= 15 is 0 Å². The number of fused-ring (bicyclic) bond motifs is 2. The fourth-order valence-corrected chi connectivity index (χ4v) is 4.99. The van der Waals surface area contributed by atoms with Gasteiger partial charge in [0.2, 0.25) is 11.6 Å². The fourth-order valence-electron chi connectivity index (χ4n) is 4.99. The first-order valence-corrected chi connectivity index (χ1v) is 13.9. The number of carbonyl (C=O) groups is 1. The Morgan fingerprint density at radius 3 is 2.39 bits per heavy atom. The summed E-state index contributed by atoms with van der Waals surface area (Å²) in [5.41, 5.74) is 1.25. The fraction of sp³-hybridized carbons (Fsp3) is 0.250. The van der Waals surface area contributed by atoms with Crippen molar-refractivity contribution in [3.8, 4) is 34.6 Å². The molecule has 12 heteroatoms. The van der Waals surface area contributed by atoms with Crippen molar-refractivity contribution in [3.63, 3.8) is 0 Å². The molecule has 0 bridgehead atoms. The molecule has 3 aromatic carbocycles. The number of furan rings is 1. The van der Waals surface area contributed by atoms with Crippen molar-refractivity contribution >= 4 is 34.0 Å². The second-order valence-corrected chi connectivity index (χ2v) is 9.83. The maximum Gasteiger partial charge on any atom is 0.282 e. The summed E-state index contributed by atoms with van der Waals surface area (Å²) in [6.45, 7) is 1.82. The highest BCUT2D eigenvalue weighted by Gasteiger charge is 2.21. The molecule has 2 aromatic heterocycles. The third kappa shape index (κ3) is 5.54. The van der Waals surface area contributed by atoms with Crippen LogP contribution in [0.4, 0.5) is 0 Å². The molecule has 12 nitrogen and oxygen atoms in total. The van der Waals surface area contributed by atoms with Crippen LogP contribution in [0.25, 0.3) is 33.5 Å². The normalized spacial score (nSPS) is 13.5. The molecular formula is C32H30N4O8. The highest BCUT2D eigenvalue weighted by atomic mass is 16.5. The number of hydrogen-bond donors (Lipinski definition) is 0. The zero-order chi connectivity index (χ0) is 30.6. The van der Waals surface area contributed by atoms with Gasteiger partial charge in [-0.2, -0.15) is 9.78 Å². The van der Waals surface area contributed by atoms with Crippen LogP contribution in [0.5, 0.6) is 23.0 Å². The monoisotopic (exact) mass is 598 g/mol. The van der Waals surface area contributed by atoms with Crippen LogP contribution in [-0.2, 0) is 9.53 Å². The quantitative estimate of drug-likeness (QED) is 0.232. The summed E-state index contributed by atoms with van der Waals surface area (Å²) in [7, 11) is 4.55. The molecule has 0 radical (unpaired) electrons. The Morgan fingerprint density at radius 2 is 1.66 bits per heavy atom. The minimum absolute atomic E-state index is 0.165. The molecule has 0 saturated carbocycles. The molecule has 1 amide bonds. The van der Waals surface area contributed by atoms with Gasteiger partial charge in [0.1, 0.15) is 11.3 Å². The smallest absolute Gasteiger partial charge is 0.282 e. The van der Waals surface area contributed by atoms with Crippen LogP contribution in [0.1, 0.15) is 5.56 Å². The van der Waals surface area contributed by atoms with Gasteiger partial charge in [0.05, 0.1) is 57.0 Å². The molecule has 1 aliphatic heterocycles. The van der Waals surface area contributed by atoms with Crippen molar-refractivity contribution in [2.45, 2.75) is 0 Å². The topological polar surface area (TPSA) is 127 Å². The number of morpholine rings is 1. The van der Waals surface area contributed by atoms with Gasteiger partial charge in [0, 0.05) is 18.7 Å². The first kappa shape index (κ1) is 28.7. The third-order valence-electron chi connectivity index (χ3n) is 7.22. The van der Waals surface area contributed by atoms with Crippen molar-refractivity contribution < 1.29 is 32.9 Å². The van der Waals surface area contributed by atoms with Gasteiger partial charge in [-0.05, 0) is 42.5 Å². The van der Waals surface area contributed by atoms with Gasteiger partial charge in [0.15, 0.2) is 23.9 Å². The van der Waals surface area contributed by atoms with Gasteiger partial charge >= 0.3 is 0 Å². The van der Waals surface area contributed by atoms with E-state index in [-0.39, 0.29) is 29.6 Å². The molecule has 6 rings (SSSR count). The van der Waals surface area contributed by atoms with Crippen LogP contribution in [0.3, 0.4) is 0 Å². The van der Waals surface area contributed by atoms with Crippen LogP contribution < -0.4 is 24.5 Å². The minimum atomic E-state index is -0.380. The number of ether oxygens (including phenoxy) is 5. The number of hydrogen-bond acceptors (Lipinski definition) is 10. The van der Waals surface area contributed by atoms with Crippen molar-refractivity contribution in [2.24, 2.45) is 5.10 Å². The molecule has 5 aromatic rings. The lowest BCUT2D eigenvalue weighted by Gasteiger charge is -2.27. The minimum Gasteiger partial charge on any atom is -0.496 e. The van der Waals surface area contributed by atoms with Crippen LogP contribution in [0.15, 0.2) is 75.0 Å². The Morgan fingerprint density at radius 1 is 0.932 bits per heavy atom. The maximum absolute atomic E-state index is 13.7. The van der Waals surface area contributed by atoms with E-state index in [1.807, 2.05) is 24.3 Å². The molecule has 0 aliphatic carbocycles. The first-order valence-electron chi connectivity index (χ1n) is 13.9. The van der Waals surface area contributed by atoms with Crippen molar-refractivity contribution in [1.82, 2.24) is 14.6 Å². The number of methoxy groups -OCH3 is 3. The van der Waals surface area contributed by atoms with Gasteiger partial charge in [-0.25, -0.2) is 4.98 Å². The standard InChI is InChI=1S/C32H30N4O8/c1-39-24-9-6-10-25-22(24)17-28(44-25)31-34-23-8-5-4-7-21(23)32(38)36(31)33-18-20-15-26(40-2)30(27(16-20)41-3)43-19-29(37)35-11-13-42-14-12-35/h4-10,15-18H,11-14,19H2,1-3H3. The van der Waals surface area contributed by atoms with E-state index in [2.05, 4.69) is 5.10 Å². The predicted molar refractivity (Wildman–Crippen MR) is 163 cm³/mol. The first-order chi connectivity index (χ1) is 21.5. The lowest BCUT2D eigenvalue weighted by atomic mass is 10.2. The third-order valence-corrected chi connectivity index (χ3v) is 7.22. The van der Waals surface area contributed by atoms with E-state index in [1.165, 1.54) is 25.1 Å². The zero-order valence-corrected chi connectivity index (χ0v) is 24.4. The lowest BCUT2D eigenvalue weighted by molar-refractivity contribution is -0.137. The molecule has 1 fully saturated rings. The van der Waals surface area contributed by atoms with Crippen molar-refractivity contribution in [1.29, 1.82) is 0 Å². The summed E-state index contributed by atoms with van der Waals surface area (Å²) in [6.07, 6.45) is 1.48. The molecule has 1 aliphatic rings. The van der Waals surface area contributed by atoms with E-state index in [4.69, 9.17) is 33.1 Å². The van der Waals surface area contributed by atoms with Crippen molar-refractivity contribution in [2.75, 3.05) is 54.2 Å². The van der Waals surface area contributed by atoms with E-state index in [0.29, 0.717) is 71.4 Å². The summed E-state index contributed by atoms with van der Waals surface area (Å²) in [4.78, 5) is 32.8. The number of aromatic nitrogens is 2. The van der Waals surface area contributed by atoms with E-state index in [1.54, 1.807) is 48.4 Å². The zero-order valence-electron chi connectivity index (χ0n) is 24.4. The molecule has 0 N–H and O–H groups in total. The number of rotatable bonds is 9. The molecular weight excluding hydrogens is 568 g/mol.